The Bertz CT molecular complexity index is 1020. The molecule has 7 nitrogen and oxygen atoms in total. The number of methoxy groups -OCH3 is 1. The van der Waals surface area contributed by atoms with Gasteiger partial charge in [0.15, 0.2) is 11.5 Å². The van der Waals surface area contributed by atoms with Crippen molar-refractivity contribution in [3.05, 3.63) is 60.7 Å². The van der Waals surface area contributed by atoms with Gasteiger partial charge in [0.05, 0.1) is 37.8 Å². The van der Waals surface area contributed by atoms with Gasteiger partial charge in [-0.1, -0.05) is 19.4 Å². The molecule has 1 N–H and O–H groups in total. The molecule has 180 valence electrons. The number of anilines is 1. The van der Waals surface area contributed by atoms with Crippen LogP contribution in [0.25, 0.3) is 11.3 Å². The predicted molar refractivity (Wildman–Crippen MR) is 135 cm³/mol. The molecule has 3 aromatic rings. The molecule has 0 amide bonds. The molecule has 3 heterocycles. The molecule has 1 unspecified atom stereocenters. The van der Waals surface area contributed by atoms with Crippen molar-refractivity contribution in [2.45, 2.75) is 45.1 Å². The summed E-state index contributed by atoms with van der Waals surface area (Å²) in [5.74, 6) is 2.20. The van der Waals surface area contributed by atoms with Gasteiger partial charge in [-0.05, 0) is 68.6 Å². The first kappa shape index (κ1) is 24.0. The minimum Gasteiger partial charge on any atom is -0.493 e. The number of pyridine rings is 1. The van der Waals surface area contributed by atoms with Crippen LogP contribution >= 0.6 is 0 Å². The van der Waals surface area contributed by atoms with E-state index >= 15 is 0 Å². The zero-order valence-corrected chi connectivity index (χ0v) is 20.2. The molecule has 1 saturated heterocycles. The number of nitrogens with one attached hydrogen (secondary N) is 1. The van der Waals surface area contributed by atoms with Crippen LogP contribution in [-0.4, -0.2) is 53.2 Å². The summed E-state index contributed by atoms with van der Waals surface area (Å²) in [6.07, 6.45) is 12.9. The Morgan fingerprint density at radius 2 is 1.94 bits per heavy atom. The maximum Gasteiger partial charge on any atom is 0.161 e. The highest BCUT2D eigenvalue weighted by molar-refractivity contribution is 5.64. The summed E-state index contributed by atoms with van der Waals surface area (Å²) in [5.41, 5.74) is 2.86. The van der Waals surface area contributed by atoms with Crippen LogP contribution in [0.2, 0.25) is 0 Å². The number of likely N-dealkylation sites (tertiary alicyclic amines) is 1. The predicted octanol–water partition coefficient (Wildman–Crippen LogP) is 5.37. The number of rotatable bonds is 12. The van der Waals surface area contributed by atoms with Crippen molar-refractivity contribution in [3.8, 4) is 22.8 Å². The van der Waals surface area contributed by atoms with Crippen molar-refractivity contribution in [2.24, 2.45) is 0 Å². The maximum atomic E-state index is 6.03. The largest absolute Gasteiger partial charge is 0.493 e. The van der Waals surface area contributed by atoms with E-state index in [2.05, 4.69) is 33.2 Å². The normalized spacial score (nSPS) is 14.6. The van der Waals surface area contributed by atoms with Gasteiger partial charge in [-0.3, -0.25) is 9.97 Å². The van der Waals surface area contributed by atoms with Crippen LogP contribution < -0.4 is 14.8 Å². The summed E-state index contributed by atoms with van der Waals surface area (Å²) in [5, 5.41) is 3.53. The van der Waals surface area contributed by atoms with E-state index in [4.69, 9.17) is 14.5 Å². The van der Waals surface area contributed by atoms with Crippen molar-refractivity contribution in [1.29, 1.82) is 0 Å². The molecule has 7 heteroatoms. The number of ether oxygens (including phenoxy) is 2. The molecule has 4 rings (SSSR count). The molecular weight excluding hydrogens is 426 g/mol. The van der Waals surface area contributed by atoms with Crippen LogP contribution in [-0.2, 0) is 0 Å². The molecule has 2 aromatic heterocycles. The van der Waals surface area contributed by atoms with Crippen molar-refractivity contribution in [3.63, 3.8) is 0 Å². The molecular formula is C27H35N5O2. The third-order valence-electron chi connectivity index (χ3n) is 6.16. The summed E-state index contributed by atoms with van der Waals surface area (Å²) >= 11 is 0. The van der Waals surface area contributed by atoms with Gasteiger partial charge in [-0.25, -0.2) is 4.98 Å². The smallest absolute Gasteiger partial charge is 0.161 e. The average molecular weight is 462 g/mol. The third-order valence-corrected chi connectivity index (χ3v) is 6.16. The Kier molecular flexibility index (Phi) is 8.68. The lowest BCUT2D eigenvalue weighted by Crippen LogP contribution is -2.21. The van der Waals surface area contributed by atoms with Gasteiger partial charge in [0.1, 0.15) is 5.82 Å². The van der Waals surface area contributed by atoms with E-state index in [1.807, 2.05) is 30.5 Å². The monoisotopic (exact) mass is 461 g/mol. The topological polar surface area (TPSA) is 72.4 Å². The van der Waals surface area contributed by atoms with E-state index in [-0.39, 0.29) is 6.04 Å². The second-order valence-corrected chi connectivity index (χ2v) is 8.68. The molecule has 1 atom stereocenters. The molecule has 0 saturated carbocycles. The van der Waals surface area contributed by atoms with Crippen LogP contribution in [0, 0.1) is 0 Å². The lowest BCUT2D eigenvalue weighted by molar-refractivity contribution is 0.254. The number of benzene rings is 1. The molecule has 0 spiro atoms. The minimum atomic E-state index is 0.133. The fourth-order valence-corrected chi connectivity index (χ4v) is 4.37. The summed E-state index contributed by atoms with van der Waals surface area (Å²) in [7, 11) is 1.67. The highest BCUT2D eigenvalue weighted by atomic mass is 16.5. The fourth-order valence-electron chi connectivity index (χ4n) is 4.37. The molecule has 0 aliphatic carbocycles. The fraction of sp³-hybridized carbons (Fsp3) is 0.444. The Hall–Kier alpha value is -3.19. The van der Waals surface area contributed by atoms with E-state index in [0.717, 1.165) is 54.2 Å². The van der Waals surface area contributed by atoms with E-state index in [1.165, 1.54) is 25.9 Å². The zero-order chi connectivity index (χ0) is 23.6. The van der Waals surface area contributed by atoms with Gasteiger partial charge < -0.3 is 19.7 Å². The molecule has 34 heavy (non-hydrogen) atoms. The van der Waals surface area contributed by atoms with E-state index in [0.29, 0.717) is 12.4 Å². The molecule has 1 aliphatic heterocycles. The molecule has 1 aromatic carbocycles. The summed E-state index contributed by atoms with van der Waals surface area (Å²) in [4.78, 5) is 16.0. The lowest BCUT2D eigenvalue weighted by Gasteiger charge is -2.19. The van der Waals surface area contributed by atoms with Gasteiger partial charge in [0, 0.05) is 24.5 Å². The summed E-state index contributed by atoms with van der Waals surface area (Å²) in [6.45, 7) is 6.38. The molecule has 0 radical (unpaired) electrons. The van der Waals surface area contributed by atoms with Gasteiger partial charge in [0.25, 0.3) is 0 Å². The number of hydrogen-bond acceptors (Lipinski definition) is 7. The quantitative estimate of drug-likeness (QED) is 0.364. The Morgan fingerprint density at radius 1 is 1.06 bits per heavy atom. The first-order valence-corrected chi connectivity index (χ1v) is 12.3. The first-order chi connectivity index (χ1) is 16.8. The first-order valence-electron chi connectivity index (χ1n) is 12.3. The van der Waals surface area contributed by atoms with Crippen LogP contribution in [0.1, 0.15) is 50.6 Å². The second kappa shape index (κ2) is 12.3. The zero-order valence-electron chi connectivity index (χ0n) is 20.2. The highest BCUT2D eigenvalue weighted by Gasteiger charge is 2.14. The van der Waals surface area contributed by atoms with Gasteiger partial charge in [-0.15, -0.1) is 0 Å². The summed E-state index contributed by atoms with van der Waals surface area (Å²) in [6, 6.07) is 10.1. The van der Waals surface area contributed by atoms with Gasteiger partial charge in [0.2, 0.25) is 0 Å². The van der Waals surface area contributed by atoms with E-state index in [9.17, 15) is 0 Å². The number of hydrogen-bond donors (Lipinski definition) is 1. The molecule has 1 aliphatic rings. The van der Waals surface area contributed by atoms with Crippen molar-refractivity contribution in [1.82, 2.24) is 19.9 Å². The van der Waals surface area contributed by atoms with Crippen LogP contribution in [0.15, 0.2) is 55.1 Å². The standard InChI is InChI=1S/C27H35N5O2/c1-3-8-23(22-9-6-12-28-18-22)30-27-20-29-19-24(31-27)21-10-11-25(26(17-21)33-2)34-16-7-15-32-13-4-5-14-32/h6,9-12,17-20,23H,3-5,7-8,13-16H2,1-2H3,(H,30,31). The van der Waals surface area contributed by atoms with Crippen molar-refractivity contribution < 1.29 is 9.47 Å². The minimum absolute atomic E-state index is 0.133. The average Bonchev–Trinajstić information content (AvgIpc) is 3.41. The lowest BCUT2D eigenvalue weighted by atomic mass is 10.0. The second-order valence-electron chi connectivity index (χ2n) is 8.68. The third kappa shape index (κ3) is 6.44. The van der Waals surface area contributed by atoms with Crippen molar-refractivity contribution in [2.75, 3.05) is 38.7 Å². The van der Waals surface area contributed by atoms with Crippen LogP contribution in [0.4, 0.5) is 5.82 Å². The van der Waals surface area contributed by atoms with Crippen molar-refractivity contribution >= 4 is 5.82 Å². The van der Waals surface area contributed by atoms with E-state index < -0.39 is 0 Å². The Morgan fingerprint density at radius 3 is 2.71 bits per heavy atom. The summed E-state index contributed by atoms with van der Waals surface area (Å²) < 4.78 is 11.6. The van der Waals surface area contributed by atoms with E-state index in [1.54, 1.807) is 25.7 Å². The SMILES string of the molecule is CCCC(Nc1cncc(-c2ccc(OCCCN3CCCC3)c(OC)c2)n1)c1cccnc1. The molecule has 1 fully saturated rings. The van der Waals surface area contributed by atoms with Crippen LogP contribution in [0.5, 0.6) is 11.5 Å². The number of nitrogens with zero attached hydrogens (tertiary/aromatic N) is 4. The van der Waals surface area contributed by atoms with Crippen LogP contribution in [0.3, 0.4) is 0 Å². The molecule has 0 bridgehead atoms. The van der Waals surface area contributed by atoms with Gasteiger partial charge >= 0.3 is 0 Å². The Balaban J connectivity index is 1.42. The number of aromatic nitrogens is 3. The van der Waals surface area contributed by atoms with Gasteiger partial charge in [-0.2, -0.15) is 0 Å². The Labute approximate surface area is 202 Å². The highest BCUT2D eigenvalue weighted by Crippen LogP contribution is 2.32. The maximum absolute atomic E-state index is 6.03.